The van der Waals surface area contributed by atoms with Gasteiger partial charge in [-0.3, -0.25) is 5.10 Å². The maximum absolute atomic E-state index is 12.2. The number of ether oxygens (including phenoxy) is 1. The highest BCUT2D eigenvalue weighted by molar-refractivity contribution is 7.73. The number of amides is 1. The molecule has 1 amide bonds. The summed E-state index contributed by atoms with van der Waals surface area (Å²) < 4.78 is 5.94. The van der Waals surface area contributed by atoms with Crippen LogP contribution in [0.5, 0.6) is 0 Å². The maximum atomic E-state index is 12.2. The van der Waals surface area contributed by atoms with Crippen molar-refractivity contribution in [2.45, 2.75) is 52.7 Å². The van der Waals surface area contributed by atoms with Crippen molar-refractivity contribution < 1.29 is 9.53 Å². The summed E-state index contributed by atoms with van der Waals surface area (Å²) in [5.74, 6) is 0. The maximum Gasteiger partial charge on any atom is 0.416 e. The predicted molar refractivity (Wildman–Crippen MR) is 75.8 cm³/mol. The van der Waals surface area contributed by atoms with Crippen molar-refractivity contribution in [1.29, 1.82) is 0 Å². The van der Waals surface area contributed by atoms with E-state index in [0.717, 1.165) is 6.42 Å². The van der Waals surface area contributed by atoms with Crippen LogP contribution in [0.4, 0.5) is 9.93 Å². The Labute approximate surface area is 116 Å². The van der Waals surface area contributed by atoms with Gasteiger partial charge in [-0.15, -0.1) is 5.10 Å². The SMILES string of the molecule is CCC(C)N(C(=O)OC(C)(C)C)c1n[nH]c(=S)s1. The van der Waals surface area contributed by atoms with E-state index in [2.05, 4.69) is 10.2 Å². The van der Waals surface area contributed by atoms with E-state index in [0.29, 0.717) is 9.09 Å². The zero-order valence-electron chi connectivity index (χ0n) is 11.3. The van der Waals surface area contributed by atoms with E-state index >= 15 is 0 Å². The summed E-state index contributed by atoms with van der Waals surface area (Å²) in [5.41, 5.74) is -0.527. The Morgan fingerprint density at radius 3 is 2.61 bits per heavy atom. The summed E-state index contributed by atoms with van der Waals surface area (Å²) in [5, 5.41) is 7.28. The molecule has 1 atom stereocenters. The molecule has 0 fully saturated rings. The third kappa shape index (κ3) is 4.06. The fraction of sp³-hybridized carbons (Fsp3) is 0.727. The van der Waals surface area contributed by atoms with E-state index in [-0.39, 0.29) is 6.04 Å². The lowest BCUT2D eigenvalue weighted by molar-refractivity contribution is 0.0567. The molecular formula is C11H19N3O2S2. The van der Waals surface area contributed by atoms with Crippen molar-refractivity contribution in [3.05, 3.63) is 3.95 Å². The van der Waals surface area contributed by atoms with Gasteiger partial charge in [0.1, 0.15) is 5.60 Å². The summed E-state index contributed by atoms with van der Waals surface area (Å²) in [6.45, 7) is 9.48. The van der Waals surface area contributed by atoms with Gasteiger partial charge in [-0.1, -0.05) is 18.3 Å². The number of H-pyrrole nitrogens is 1. The zero-order valence-corrected chi connectivity index (χ0v) is 12.9. The molecule has 1 rings (SSSR count). The van der Waals surface area contributed by atoms with Crippen molar-refractivity contribution >= 4 is 34.8 Å². The Morgan fingerprint density at radius 1 is 1.61 bits per heavy atom. The topological polar surface area (TPSA) is 58.2 Å². The Balaban J connectivity index is 2.99. The molecule has 1 N–H and O–H groups in total. The number of hydrogen-bond acceptors (Lipinski definition) is 5. The molecule has 0 radical (unpaired) electrons. The fourth-order valence-electron chi connectivity index (χ4n) is 1.27. The summed E-state index contributed by atoms with van der Waals surface area (Å²) in [6.07, 6.45) is 0.417. The summed E-state index contributed by atoms with van der Waals surface area (Å²) in [6, 6.07) is 0.00815. The second kappa shape index (κ2) is 5.79. The molecule has 0 saturated heterocycles. The van der Waals surface area contributed by atoms with Gasteiger partial charge in [-0.05, 0) is 46.3 Å². The van der Waals surface area contributed by atoms with Crippen LogP contribution < -0.4 is 4.90 Å². The van der Waals surface area contributed by atoms with Crippen LogP contribution in [-0.2, 0) is 4.74 Å². The van der Waals surface area contributed by atoms with Gasteiger partial charge in [-0.25, -0.2) is 9.69 Å². The third-order valence-corrected chi connectivity index (χ3v) is 3.34. The Kier molecular flexibility index (Phi) is 4.86. The molecule has 18 heavy (non-hydrogen) atoms. The van der Waals surface area contributed by atoms with Crippen molar-refractivity contribution in [2.75, 3.05) is 4.90 Å². The van der Waals surface area contributed by atoms with E-state index in [9.17, 15) is 4.79 Å². The lowest BCUT2D eigenvalue weighted by Crippen LogP contribution is -2.42. The largest absolute Gasteiger partial charge is 0.443 e. The molecule has 0 bridgehead atoms. The van der Waals surface area contributed by atoms with E-state index in [1.54, 1.807) is 4.90 Å². The highest BCUT2D eigenvalue weighted by atomic mass is 32.1. The van der Waals surface area contributed by atoms with Crippen LogP contribution in [0.1, 0.15) is 41.0 Å². The van der Waals surface area contributed by atoms with Crippen LogP contribution in [0, 0.1) is 3.95 Å². The standard InChI is InChI=1S/C11H19N3O2S2/c1-6-7(2)14(8-12-13-9(17)18-8)10(15)16-11(3,4)5/h7H,6H2,1-5H3,(H,13,17). The van der Waals surface area contributed by atoms with Crippen LogP contribution >= 0.6 is 23.6 Å². The van der Waals surface area contributed by atoms with Crippen LogP contribution in [0.2, 0.25) is 0 Å². The lowest BCUT2D eigenvalue weighted by atomic mass is 10.2. The number of nitrogens with one attached hydrogen (secondary N) is 1. The van der Waals surface area contributed by atoms with Gasteiger partial charge >= 0.3 is 6.09 Å². The first-order valence-corrected chi connectivity index (χ1v) is 7.04. The third-order valence-electron chi connectivity index (χ3n) is 2.25. The molecule has 0 aliphatic heterocycles. The molecule has 102 valence electrons. The van der Waals surface area contributed by atoms with Gasteiger partial charge in [0.25, 0.3) is 0 Å². The molecule has 0 aromatic carbocycles. The van der Waals surface area contributed by atoms with Gasteiger partial charge in [0.15, 0.2) is 3.95 Å². The number of anilines is 1. The van der Waals surface area contributed by atoms with E-state index in [4.69, 9.17) is 17.0 Å². The van der Waals surface area contributed by atoms with E-state index in [1.807, 2.05) is 34.6 Å². The molecule has 1 aromatic rings. The monoisotopic (exact) mass is 289 g/mol. The van der Waals surface area contributed by atoms with E-state index < -0.39 is 11.7 Å². The van der Waals surface area contributed by atoms with Crippen molar-refractivity contribution in [2.24, 2.45) is 0 Å². The number of carbonyl (C=O) groups excluding carboxylic acids is 1. The molecular weight excluding hydrogens is 270 g/mol. The first-order chi connectivity index (χ1) is 8.24. The van der Waals surface area contributed by atoms with Crippen LogP contribution in [0.15, 0.2) is 0 Å². The lowest BCUT2D eigenvalue weighted by Gasteiger charge is -2.29. The minimum Gasteiger partial charge on any atom is -0.443 e. The number of hydrogen-bond donors (Lipinski definition) is 1. The van der Waals surface area contributed by atoms with Crippen molar-refractivity contribution in [3.63, 3.8) is 0 Å². The molecule has 7 heteroatoms. The molecule has 1 aromatic heterocycles. The predicted octanol–water partition coefficient (Wildman–Crippen LogP) is 3.74. The smallest absolute Gasteiger partial charge is 0.416 e. The molecule has 0 spiro atoms. The van der Waals surface area contributed by atoms with Crippen LogP contribution in [-0.4, -0.2) is 27.9 Å². The Morgan fingerprint density at radius 2 is 2.22 bits per heavy atom. The summed E-state index contributed by atoms with van der Waals surface area (Å²) in [7, 11) is 0. The fourth-order valence-corrected chi connectivity index (χ4v) is 2.24. The number of nitrogens with zero attached hydrogens (tertiary/aromatic N) is 2. The van der Waals surface area contributed by atoms with Gasteiger partial charge in [0, 0.05) is 6.04 Å². The first-order valence-electron chi connectivity index (χ1n) is 5.82. The molecule has 1 unspecified atom stereocenters. The minimum absolute atomic E-state index is 0.00815. The average Bonchev–Trinajstić information content (AvgIpc) is 2.62. The highest BCUT2D eigenvalue weighted by Crippen LogP contribution is 2.24. The first kappa shape index (κ1) is 15.1. The van der Waals surface area contributed by atoms with Gasteiger partial charge in [0.05, 0.1) is 0 Å². The number of aromatic amines is 1. The van der Waals surface area contributed by atoms with Crippen LogP contribution in [0.3, 0.4) is 0 Å². The molecule has 0 aliphatic carbocycles. The second-order valence-electron chi connectivity index (χ2n) is 5.00. The number of carbonyl (C=O) groups is 1. The second-order valence-corrected chi connectivity index (χ2v) is 6.65. The zero-order chi connectivity index (χ0) is 13.9. The van der Waals surface area contributed by atoms with Crippen LogP contribution in [0.25, 0.3) is 0 Å². The molecule has 5 nitrogen and oxygen atoms in total. The molecule has 1 heterocycles. The number of rotatable bonds is 3. The number of aromatic nitrogens is 2. The van der Waals surface area contributed by atoms with Gasteiger partial charge in [-0.2, -0.15) is 0 Å². The summed E-state index contributed by atoms with van der Waals surface area (Å²) in [4.78, 5) is 13.7. The van der Waals surface area contributed by atoms with Gasteiger partial charge in [0.2, 0.25) is 5.13 Å². The van der Waals surface area contributed by atoms with Crippen molar-refractivity contribution in [1.82, 2.24) is 10.2 Å². The molecule has 0 aliphatic rings. The average molecular weight is 289 g/mol. The van der Waals surface area contributed by atoms with Crippen molar-refractivity contribution in [3.8, 4) is 0 Å². The Hall–Kier alpha value is -0.950. The highest BCUT2D eigenvalue weighted by Gasteiger charge is 2.28. The van der Waals surface area contributed by atoms with Gasteiger partial charge < -0.3 is 4.74 Å². The summed E-state index contributed by atoms with van der Waals surface area (Å²) >= 11 is 6.26. The van der Waals surface area contributed by atoms with E-state index in [1.165, 1.54) is 11.3 Å². The Bertz CT molecular complexity index is 461. The molecule has 0 saturated carbocycles. The normalized spacial score (nSPS) is 13.2. The minimum atomic E-state index is -0.527. The quantitative estimate of drug-likeness (QED) is 0.861.